The lowest BCUT2D eigenvalue weighted by Gasteiger charge is -2.36. The molecule has 0 saturated carbocycles. The Morgan fingerprint density at radius 3 is 2.19 bits per heavy atom. The number of esters is 1. The lowest BCUT2D eigenvalue weighted by molar-refractivity contribution is 0.0599. The number of thioether (sulfide) groups is 1. The summed E-state index contributed by atoms with van der Waals surface area (Å²) in [6, 6.07) is 12.9. The van der Waals surface area contributed by atoms with Crippen molar-refractivity contribution >= 4 is 26.0 Å². The summed E-state index contributed by atoms with van der Waals surface area (Å²) in [5.41, 5.74) is 0.369. The number of benzene rings is 2. The van der Waals surface area contributed by atoms with Crippen LogP contribution in [0.15, 0.2) is 47.4 Å². The highest BCUT2D eigenvalue weighted by molar-refractivity contribution is 7.98. The third kappa shape index (κ3) is 7.30. The summed E-state index contributed by atoms with van der Waals surface area (Å²) in [6.07, 6.45) is 1.84. The monoisotopic (exact) mass is 462 g/mol. The summed E-state index contributed by atoms with van der Waals surface area (Å²) in [7, 11) is -0.515. The molecule has 7 heteroatoms. The molecule has 0 heterocycles. The number of ether oxygens (including phenoxy) is 3. The summed E-state index contributed by atoms with van der Waals surface area (Å²) in [6.45, 7) is 13.5. The second kappa shape index (κ2) is 10.6. The second-order valence-corrected chi connectivity index (χ2v) is 14.7. The van der Waals surface area contributed by atoms with Gasteiger partial charge < -0.3 is 18.6 Å². The highest BCUT2D eigenvalue weighted by atomic mass is 32.2. The molecule has 0 amide bonds. The van der Waals surface area contributed by atoms with Crippen LogP contribution in [0.25, 0.3) is 0 Å². The van der Waals surface area contributed by atoms with Gasteiger partial charge in [0.25, 0.3) is 0 Å². The molecule has 2 aromatic carbocycles. The molecule has 1 atom stereocenters. The van der Waals surface area contributed by atoms with E-state index in [1.165, 1.54) is 7.11 Å². The van der Waals surface area contributed by atoms with Gasteiger partial charge in [0.05, 0.1) is 19.3 Å². The van der Waals surface area contributed by atoms with Crippen molar-refractivity contribution in [1.29, 1.82) is 0 Å². The Balaban J connectivity index is 2.17. The normalized spacial score (nSPS) is 12.9. The van der Waals surface area contributed by atoms with Gasteiger partial charge >= 0.3 is 5.97 Å². The minimum Gasteiger partial charge on any atom is -0.488 e. The van der Waals surface area contributed by atoms with Gasteiger partial charge in [-0.05, 0) is 67.7 Å². The standard InChI is InChI=1S/C24H34O5SSi/c1-17(16-27-31(7,8)24(2,3)4)28-20-13-18(23(25)26-5)14-21(15-20)29-19-9-11-22(30-6)12-10-19/h9-15,17H,16H2,1-8H3/t17-/m0/s1. The zero-order valence-electron chi connectivity index (χ0n) is 19.8. The number of carbonyl (C=O) groups is 1. The molecule has 2 aromatic rings. The van der Waals surface area contributed by atoms with Crippen molar-refractivity contribution in [2.24, 2.45) is 0 Å². The molecule has 0 saturated heterocycles. The first kappa shape index (κ1) is 25.3. The van der Waals surface area contributed by atoms with Gasteiger partial charge in [-0.1, -0.05) is 20.8 Å². The smallest absolute Gasteiger partial charge is 0.338 e. The largest absolute Gasteiger partial charge is 0.488 e. The molecule has 0 aliphatic heterocycles. The first-order valence-corrected chi connectivity index (χ1v) is 14.4. The molecule has 0 fully saturated rings. The third-order valence-corrected chi connectivity index (χ3v) is 10.7. The number of carbonyl (C=O) groups excluding carboxylic acids is 1. The lowest BCUT2D eigenvalue weighted by Crippen LogP contribution is -2.43. The Morgan fingerprint density at radius 2 is 1.65 bits per heavy atom. The molecule has 0 aliphatic rings. The van der Waals surface area contributed by atoms with Crippen molar-refractivity contribution in [1.82, 2.24) is 0 Å². The van der Waals surface area contributed by atoms with Gasteiger partial charge in [0.2, 0.25) is 0 Å². The Bertz CT molecular complexity index is 875. The Morgan fingerprint density at radius 1 is 1.03 bits per heavy atom. The summed E-state index contributed by atoms with van der Waals surface area (Å²) in [5, 5.41) is 0.129. The van der Waals surface area contributed by atoms with E-state index >= 15 is 0 Å². The van der Waals surface area contributed by atoms with Crippen LogP contribution in [0.4, 0.5) is 0 Å². The van der Waals surface area contributed by atoms with E-state index in [0.717, 1.165) is 4.90 Å². The van der Waals surface area contributed by atoms with E-state index < -0.39 is 14.3 Å². The van der Waals surface area contributed by atoms with Crippen molar-refractivity contribution < 1.29 is 23.4 Å². The topological polar surface area (TPSA) is 54.0 Å². The summed E-state index contributed by atoms with van der Waals surface area (Å²) >= 11 is 1.66. The molecular formula is C24H34O5SSi. The van der Waals surface area contributed by atoms with Crippen molar-refractivity contribution in [3.8, 4) is 17.2 Å². The maximum Gasteiger partial charge on any atom is 0.338 e. The predicted octanol–water partition coefficient (Wildman–Crippen LogP) is 6.78. The van der Waals surface area contributed by atoms with Crippen LogP contribution in [0.2, 0.25) is 18.1 Å². The Hall–Kier alpha value is -1.96. The molecule has 5 nitrogen and oxygen atoms in total. The minimum absolute atomic E-state index is 0.129. The van der Waals surface area contributed by atoms with Crippen LogP contribution in [0, 0.1) is 0 Å². The van der Waals surface area contributed by atoms with Gasteiger partial charge in [0, 0.05) is 11.0 Å². The van der Waals surface area contributed by atoms with Crippen LogP contribution in [0.3, 0.4) is 0 Å². The molecule has 0 unspecified atom stereocenters. The number of methoxy groups -OCH3 is 1. The second-order valence-electron chi connectivity index (χ2n) is 8.96. The molecule has 170 valence electrons. The van der Waals surface area contributed by atoms with E-state index in [2.05, 4.69) is 33.9 Å². The predicted molar refractivity (Wildman–Crippen MR) is 129 cm³/mol. The van der Waals surface area contributed by atoms with E-state index in [1.54, 1.807) is 30.0 Å². The quantitative estimate of drug-likeness (QED) is 0.233. The van der Waals surface area contributed by atoms with Gasteiger partial charge in [0.1, 0.15) is 23.4 Å². The maximum absolute atomic E-state index is 12.2. The van der Waals surface area contributed by atoms with Crippen LogP contribution >= 0.6 is 11.8 Å². The fourth-order valence-electron chi connectivity index (χ4n) is 2.52. The van der Waals surface area contributed by atoms with E-state index in [0.29, 0.717) is 29.4 Å². The lowest BCUT2D eigenvalue weighted by atomic mass is 10.2. The van der Waals surface area contributed by atoms with E-state index in [4.69, 9.17) is 18.6 Å². The Kier molecular flexibility index (Phi) is 8.62. The van der Waals surface area contributed by atoms with Crippen molar-refractivity contribution in [3.05, 3.63) is 48.0 Å². The van der Waals surface area contributed by atoms with Crippen molar-refractivity contribution in [2.75, 3.05) is 20.0 Å². The average Bonchev–Trinajstić information content (AvgIpc) is 2.71. The maximum atomic E-state index is 12.2. The van der Waals surface area contributed by atoms with Gasteiger partial charge in [-0.25, -0.2) is 4.79 Å². The van der Waals surface area contributed by atoms with Crippen LogP contribution < -0.4 is 9.47 Å². The van der Waals surface area contributed by atoms with Crippen LogP contribution in [-0.4, -0.2) is 40.4 Å². The highest BCUT2D eigenvalue weighted by Crippen LogP contribution is 2.37. The fourth-order valence-corrected chi connectivity index (χ4v) is 4.02. The molecular weight excluding hydrogens is 428 g/mol. The average molecular weight is 463 g/mol. The van der Waals surface area contributed by atoms with E-state index in [-0.39, 0.29) is 11.1 Å². The van der Waals surface area contributed by atoms with Gasteiger partial charge in [-0.2, -0.15) is 0 Å². The fraction of sp³-hybridized carbons (Fsp3) is 0.458. The zero-order chi connectivity index (χ0) is 23.2. The highest BCUT2D eigenvalue weighted by Gasteiger charge is 2.37. The SMILES string of the molecule is COC(=O)c1cc(Oc2ccc(SC)cc2)cc(O[C@@H](C)CO[Si](C)(C)C(C)(C)C)c1. The molecule has 0 radical (unpaired) electrons. The molecule has 0 spiro atoms. The summed E-state index contributed by atoms with van der Waals surface area (Å²) in [5.74, 6) is 1.27. The van der Waals surface area contributed by atoms with Gasteiger partial charge in [-0.3, -0.25) is 0 Å². The summed E-state index contributed by atoms with van der Waals surface area (Å²) < 4.78 is 23.2. The van der Waals surface area contributed by atoms with Crippen molar-refractivity contribution in [2.45, 2.75) is 56.8 Å². The number of rotatable bonds is 9. The molecule has 0 N–H and O–H groups in total. The van der Waals surface area contributed by atoms with Crippen LogP contribution in [0.5, 0.6) is 17.2 Å². The van der Waals surface area contributed by atoms with Crippen LogP contribution in [0.1, 0.15) is 38.1 Å². The molecule has 2 rings (SSSR count). The molecule has 31 heavy (non-hydrogen) atoms. The molecule has 0 aromatic heterocycles. The number of hydrogen-bond acceptors (Lipinski definition) is 6. The molecule has 0 bridgehead atoms. The first-order valence-electron chi connectivity index (χ1n) is 10.3. The number of hydrogen-bond donors (Lipinski definition) is 0. The minimum atomic E-state index is -1.87. The zero-order valence-corrected chi connectivity index (χ0v) is 21.6. The van der Waals surface area contributed by atoms with Gasteiger partial charge in [-0.15, -0.1) is 11.8 Å². The first-order chi connectivity index (χ1) is 14.4. The van der Waals surface area contributed by atoms with E-state index in [9.17, 15) is 4.79 Å². The van der Waals surface area contributed by atoms with E-state index in [1.807, 2.05) is 37.4 Å². The Labute approximate surface area is 191 Å². The van der Waals surface area contributed by atoms with Crippen LogP contribution in [-0.2, 0) is 9.16 Å². The third-order valence-electron chi connectivity index (χ3n) is 5.42. The van der Waals surface area contributed by atoms with Gasteiger partial charge in [0.15, 0.2) is 8.32 Å². The summed E-state index contributed by atoms with van der Waals surface area (Å²) in [4.78, 5) is 13.3. The van der Waals surface area contributed by atoms with Crippen molar-refractivity contribution in [3.63, 3.8) is 0 Å². The molecule has 0 aliphatic carbocycles.